The van der Waals surface area contributed by atoms with Crippen molar-refractivity contribution < 1.29 is 20.4 Å². The summed E-state index contributed by atoms with van der Waals surface area (Å²) in [5.41, 5.74) is -0.677. The molecule has 0 aromatic carbocycles. The fourth-order valence-corrected chi connectivity index (χ4v) is 2.29. The van der Waals surface area contributed by atoms with Gasteiger partial charge in [0.2, 0.25) is 0 Å². The molecule has 4 heteroatoms. The maximum Gasteiger partial charge on any atom is 0.0852 e. The number of rotatable bonds is 4. The summed E-state index contributed by atoms with van der Waals surface area (Å²) in [6, 6.07) is 0. The Morgan fingerprint density at radius 2 is 1.31 bits per heavy atom. The van der Waals surface area contributed by atoms with Gasteiger partial charge in [0.1, 0.15) is 0 Å². The molecule has 0 aromatic heterocycles. The maximum absolute atomic E-state index is 9.59. The smallest absolute Gasteiger partial charge is 0.0852 e. The molecule has 13 heavy (non-hydrogen) atoms. The summed E-state index contributed by atoms with van der Waals surface area (Å²) in [4.78, 5) is 0. The first-order chi connectivity index (χ1) is 6.17. The number of hydrogen-bond donors (Lipinski definition) is 4. The molecule has 1 aliphatic rings. The van der Waals surface area contributed by atoms with Crippen molar-refractivity contribution in [3.63, 3.8) is 0 Å². The summed E-state index contributed by atoms with van der Waals surface area (Å²) in [5, 5.41) is 36.9. The standard InChI is InChI=1S/C9H18O4/c10-5-7(12)9(8(13)6-11)3-1-2-4-9/h7-8,10-13H,1-6H2. The van der Waals surface area contributed by atoms with Crippen LogP contribution in [0.1, 0.15) is 25.7 Å². The Bertz CT molecular complexity index is 142. The van der Waals surface area contributed by atoms with Crippen LogP contribution in [0.4, 0.5) is 0 Å². The number of aliphatic hydroxyl groups is 4. The first kappa shape index (κ1) is 10.9. The predicted octanol–water partition coefficient (Wildman–Crippen LogP) is -0.747. The molecule has 1 aliphatic carbocycles. The summed E-state index contributed by atoms with van der Waals surface area (Å²) in [5.74, 6) is 0. The van der Waals surface area contributed by atoms with Crippen molar-refractivity contribution in [1.82, 2.24) is 0 Å². The molecule has 2 atom stereocenters. The zero-order chi connectivity index (χ0) is 9.90. The van der Waals surface area contributed by atoms with Crippen molar-refractivity contribution in [3.8, 4) is 0 Å². The minimum Gasteiger partial charge on any atom is -0.394 e. The normalized spacial score (nSPS) is 25.8. The van der Waals surface area contributed by atoms with E-state index in [1.54, 1.807) is 0 Å². The Kier molecular flexibility index (Phi) is 3.67. The van der Waals surface area contributed by atoms with Gasteiger partial charge in [0.05, 0.1) is 25.4 Å². The summed E-state index contributed by atoms with van der Waals surface area (Å²) in [6.07, 6.45) is 1.39. The summed E-state index contributed by atoms with van der Waals surface area (Å²) in [6.45, 7) is -0.700. The highest BCUT2D eigenvalue weighted by atomic mass is 16.3. The van der Waals surface area contributed by atoms with Gasteiger partial charge in [0, 0.05) is 5.41 Å². The van der Waals surface area contributed by atoms with Gasteiger partial charge in [-0.1, -0.05) is 12.8 Å². The monoisotopic (exact) mass is 190 g/mol. The van der Waals surface area contributed by atoms with E-state index in [1.807, 2.05) is 0 Å². The third-order valence-electron chi connectivity index (χ3n) is 3.21. The SMILES string of the molecule is OCC(O)C1(C(O)CO)CCCC1. The van der Waals surface area contributed by atoms with Crippen molar-refractivity contribution in [2.24, 2.45) is 5.41 Å². The van der Waals surface area contributed by atoms with Crippen molar-refractivity contribution in [2.45, 2.75) is 37.9 Å². The van der Waals surface area contributed by atoms with Crippen molar-refractivity contribution in [3.05, 3.63) is 0 Å². The van der Waals surface area contributed by atoms with Crippen molar-refractivity contribution >= 4 is 0 Å². The molecule has 0 heterocycles. The Hall–Kier alpha value is -0.160. The van der Waals surface area contributed by atoms with E-state index in [-0.39, 0.29) is 13.2 Å². The fourth-order valence-electron chi connectivity index (χ4n) is 2.29. The number of aliphatic hydroxyl groups excluding tert-OH is 4. The van der Waals surface area contributed by atoms with E-state index < -0.39 is 17.6 Å². The highest BCUT2D eigenvalue weighted by Gasteiger charge is 2.45. The highest BCUT2D eigenvalue weighted by Crippen LogP contribution is 2.43. The topological polar surface area (TPSA) is 80.9 Å². The summed E-state index contributed by atoms with van der Waals surface area (Å²) >= 11 is 0. The fraction of sp³-hybridized carbons (Fsp3) is 1.00. The van der Waals surface area contributed by atoms with Gasteiger partial charge in [-0.25, -0.2) is 0 Å². The van der Waals surface area contributed by atoms with E-state index in [1.165, 1.54) is 0 Å². The summed E-state index contributed by atoms with van der Waals surface area (Å²) < 4.78 is 0. The van der Waals surface area contributed by atoms with Crippen LogP contribution in [0.25, 0.3) is 0 Å². The Balaban J connectivity index is 2.73. The third-order valence-corrected chi connectivity index (χ3v) is 3.21. The quantitative estimate of drug-likeness (QED) is 0.470. The first-order valence-corrected chi connectivity index (χ1v) is 4.75. The van der Waals surface area contributed by atoms with Crippen LogP contribution in [0.15, 0.2) is 0 Å². The molecule has 2 unspecified atom stereocenters. The van der Waals surface area contributed by atoms with E-state index >= 15 is 0 Å². The van der Waals surface area contributed by atoms with Crippen LogP contribution in [0.3, 0.4) is 0 Å². The predicted molar refractivity (Wildman–Crippen MR) is 47.1 cm³/mol. The van der Waals surface area contributed by atoms with Crippen molar-refractivity contribution in [2.75, 3.05) is 13.2 Å². The minimum atomic E-state index is -0.919. The molecule has 0 saturated heterocycles. The molecule has 4 N–H and O–H groups in total. The van der Waals surface area contributed by atoms with E-state index in [0.29, 0.717) is 12.8 Å². The van der Waals surface area contributed by atoms with E-state index in [9.17, 15) is 10.2 Å². The molecule has 4 nitrogen and oxygen atoms in total. The lowest BCUT2D eigenvalue weighted by molar-refractivity contribution is -0.102. The van der Waals surface area contributed by atoms with Gasteiger partial charge >= 0.3 is 0 Å². The van der Waals surface area contributed by atoms with Gasteiger partial charge in [-0.05, 0) is 12.8 Å². The summed E-state index contributed by atoms with van der Waals surface area (Å²) in [7, 11) is 0. The molecule has 78 valence electrons. The van der Waals surface area contributed by atoms with Crippen LogP contribution in [-0.4, -0.2) is 45.8 Å². The van der Waals surface area contributed by atoms with E-state index in [0.717, 1.165) is 12.8 Å². The molecule has 0 aliphatic heterocycles. The van der Waals surface area contributed by atoms with Gasteiger partial charge < -0.3 is 20.4 Å². The molecular formula is C9H18O4. The second-order valence-electron chi connectivity index (χ2n) is 3.84. The van der Waals surface area contributed by atoms with Crippen LogP contribution in [-0.2, 0) is 0 Å². The first-order valence-electron chi connectivity index (χ1n) is 4.75. The number of hydrogen-bond acceptors (Lipinski definition) is 4. The molecule has 0 spiro atoms. The lowest BCUT2D eigenvalue weighted by Gasteiger charge is -2.36. The van der Waals surface area contributed by atoms with Gasteiger partial charge in [0.15, 0.2) is 0 Å². The van der Waals surface area contributed by atoms with Gasteiger partial charge in [-0.3, -0.25) is 0 Å². The third kappa shape index (κ3) is 1.86. The van der Waals surface area contributed by atoms with Gasteiger partial charge in [-0.15, -0.1) is 0 Å². The Morgan fingerprint density at radius 3 is 1.62 bits per heavy atom. The molecule has 0 amide bonds. The molecule has 1 fully saturated rings. The molecule has 1 saturated carbocycles. The van der Waals surface area contributed by atoms with Crippen LogP contribution >= 0.6 is 0 Å². The van der Waals surface area contributed by atoms with Crippen LogP contribution in [0.5, 0.6) is 0 Å². The minimum absolute atomic E-state index is 0.350. The van der Waals surface area contributed by atoms with Crippen LogP contribution in [0.2, 0.25) is 0 Å². The Morgan fingerprint density at radius 1 is 0.923 bits per heavy atom. The highest BCUT2D eigenvalue weighted by molar-refractivity contribution is 4.95. The average Bonchev–Trinajstić information content (AvgIpc) is 2.65. The lowest BCUT2D eigenvalue weighted by Crippen LogP contribution is -2.46. The lowest BCUT2D eigenvalue weighted by atomic mass is 9.75. The molecule has 0 bridgehead atoms. The second-order valence-corrected chi connectivity index (χ2v) is 3.84. The van der Waals surface area contributed by atoms with E-state index in [4.69, 9.17) is 10.2 Å². The molecule has 0 radical (unpaired) electrons. The molecule has 1 rings (SSSR count). The van der Waals surface area contributed by atoms with Gasteiger partial charge in [0.25, 0.3) is 0 Å². The van der Waals surface area contributed by atoms with Gasteiger partial charge in [-0.2, -0.15) is 0 Å². The second kappa shape index (κ2) is 4.37. The zero-order valence-electron chi connectivity index (χ0n) is 7.69. The van der Waals surface area contributed by atoms with E-state index in [2.05, 4.69) is 0 Å². The van der Waals surface area contributed by atoms with Crippen LogP contribution in [0, 0.1) is 5.41 Å². The largest absolute Gasteiger partial charge is 0.394 e. The van der Waals surface area contributed by atoms with Crippen LogP contribution < -0.4 is 0 Å². The maximum atomic E-state index is 9.59. The Labute approximate surface area is 77.8 Å². The zero-order valence-corrected chi connectivity index (χ0v) is 7.69. The molecule has 0 aromatic rings. The average molecular weight is 190 g/mol. The van der Waals surface area contributed by atoms with Crippen molar-refractivity contribution in [1.29, 1.82) is 0 Å². The molecular weight excluding hydrogens is 172 g/mol.